The van der Waals surface area contributed by atoms with Gasteiger partial charge in [0.2, 0.25) is 11.8 Å². The molecule has 0 aromatic heterocycles. The van der Waals surface area contributed by atoms with Gasteiger partial charge in [0.15, 0.2) is 11.5 Å². The van der Waals surface area contributed by atoms with Gasteiger partial charge in [0.25, 0.3) is 0 Å². The zero-order valence-corrected chi connectivity index (χ0v) is 17.2. The zero-order chi connectivity index (χ0) is 20.9. The van der Waals surface area contributed by atoms with Crippen LogP contribution in [0.3, 0.4) is 0 Å². The van der Waals surface area contributed by atoms with Crippen LogP contribution in [0, 0.1) is 0 Å². The van der Waals surface area contributed by atoms with Crippen LogP contribution in [0.15, 0.2) is 48.5 Å². The topological polar surface area (TPSA) is 76.7 Å². The summed E-state index contributed by atoms with van der Waals surface area (Å²) in [6.07, 6.45) is 1.27. The van der Waals surface area contributed by atoms with Crippen molar-refractivity contribution in [1.82, 2.24) is 10.6 Å². The summed E-state index contributed by atoms with van der Waals surface area (Å²) in [6, 6.07) is 15.3. The molecule has 2 rings (SSSR count). The summed E-state index contributed by atoms with van der Waals surface area (Å²) in [4.78, 5) is 23.9. The van der Waals surface area contributed by atoms with Crippen molar-refractivity contribution >= 4 is 11.8 Å². The Bertz CT molecular complexity index is 778. The van der Waals surface area contributed by atoms with Crippen LogP contribution in [0.5, 0.6) is 11.5 Å². The molecule has 0 fully saturated rings. The van der Waals surface area contributed by atoms with E-state index < -0.39 is 0 Å². The lowest BCUT2D eigenvalue weighted by Gasteiger charge is -2.12. The average molecular weight is 399 g/mol. The highest BCUT2D eigenvalue weighted by Crippen LogP contribution is 2.28. The maximum Gasteiger partial charge on any atom is 0.224 e. The molecule has 6 heteroatoms. The average Bonchev–Trinajstić information content (AvgIpc) is 2.71. The maximum absolute atomic E-state index is 12.0. The molecule has 0 heterocycles. The Hall–Kier alpha value is -3.02. The molecule has 156 valence electrons. The number of carbonyl (C=O) groups excluding carboxylic acids is 2. The number of ether oxygens (including phenoxy) is 2. The van der Waals surface area contributed by atoms with Gasteiger partial charge in [0, 0.05) is 19.5 Å². The zero-order valence-electron chi connectivity index (χ0n) is 17.2. The molecule has 2 amide bonds. The van der Waals surface area contributed by atoms with E-state index in [1.54, 1.807) is 0 Å². The van der Waals surface area contributed by atoms with Gasteiger partial charge in [-0.1, -0.05) is 36.4 Å². The summed E-state index contributed by atoms with van der Waals surface area (Å²) in [7, 11) is 0. The molecule has 0 radical (unpaired) electrons. The lowest BCUT2D eigenvalue weighted by molar-refractivity contribution is -0.122. The largest absolute Gasteiger partial charge is 0.490 e. The second-order valence-corrected chi connectivity index (χ2v) is 6.51. The van der Waals surface area contributed by atoms with Crippen molar-refractivity contribution in [2.24, 2.45) is 0 Å². The van der Waals surface area contributed by atoms with Gasteiger partial charge in [-0.25, -0.2) is 0 Å². The number of benzene rings is 2. The number of carbonyl (C=O) groups is 2. The number of nitrogens with one attached hydrogen (secondary N) is 2. The molecule has 2 aromatic rings. The first-order valence-corrected chi connectivity index (χ1v) is 10.1. The standard InChI is InChI=1S/C23H30N2O4/c1-3-28-20-11-10-19(16-21(20)29-4-2)12-14-24-22(26)13-15-25-23(27)17-18-8-6-5-7-9-18/h5-11,16H,3-4,12-15,17H2,1-2H3,(H,24,26)(H,25,27). The second-order valence-electron chi connectivity index (χ2n) is 6.51. The predicted molar refractivity (Wildman–Crippen MR) is 113 cm³/mol. The molecule has 0 spiro atoms. The number of hydrogen-bond donors (Lipinski definition) is 2. The van der Waals surface area contributed by atoms with E-state index in [4.69, 9.17) is 9.47 Å². The summed E-state index contributed by atoms with van der Waals surface area (Å²) in [6.45, 7) is 5.86. The first-order chi connectivity index (χ1) is 14.1. The van der Waals surface area contributed by atoms with Crippen LogP contribution in [0.4, 0.5) is 0 Å². The molecule has 0 bridgehead atoms. The lowest BCUT2D eigenvalue weighted by atomic mass is 10.1. The quantitative estimate of drug-likeness (QED) is 0.576. The minimum absolute atomic E-state index is 0.0816. The Morgan fingerprint density at radius 1 is 0.793 bits per heavy atom. The van der Waals surface area contributed by atoms with Crippen molar-refractivity contribution in [3.63, 3.8) is 0 Å². The van der Waals surface area contributed by atoms with Crippen molar-refractivity contribution in [3.8, 4) is 11.5 Å². The SMILES string of the molecule is CCOc1ccc(CCNC(=O)CCNC(=O)Cc2ccccc2)cc1OCC. The molecule has 2 N–H and O–H groups in total. The van der Waals surface area contributed by atoms with Gasteiger partial charge >= 0.3 is 0 Å². The van der Waals surface area contributed by atoms with E-state index in [0.717, 1.165) is 22.6 Å². The monoisotopic (exact) mass is 398 g/mol. The molecule has 0 aliphatic heterocycles. The molecule has 0 saturated carbocycles. The van der Waals surface area contributed by atoms with Crippen molar-refractivity contribution < 1.29 is 19.1 Å². The smallest absolute Gasteiger partial charge is 0.224 e. The second kappa shape index (κ2) is 12.4. The van der Waals surface area contributed by atoms with Crippen LogP contribution in [-0.2, 0) is 22.4 Å². The van der Waals surface area contributed by atoms with Crippen LogP contribution in [0.2, 0.25) is 0 Å². The number of hydrogen-bond acceptors (Lipinski definition) is 4. The van der Waals surface area contributed by atoms with E-state index >= 15 is 0 Å². The molecule has 0 saturated heterocycles. The minimum atomic E-state index is -0.0824. The third-order valence-corrected chi connectivity index (χ3v) is 4.23. The number of rotatable bonds is 12. The fourth-order valence-corrected chi connectivity index (χ4v) is 2.84. The van der Waals surface area contributed by atoms with Gasteiger partial charge < -0.3 is 20.1 Å². The molecule has 0 aliphatic rings. The fourth-order valence-electron chi connectivity index (χ4n) is 2.84. The summed E-state index contributed by atoms with van der Waals surface area (Å²) in [5.41, 5.74) is 2.02. The molecule has 0 aliphatic carbocycles. The third-order valence-electron chi connectivity index (χ3n) is 4.23. The van der Waals surface area contributed by atoms with E-state index in [2.05, 4.69) is 10.6 Å². The van der Waals surface area contributed by atoms with Crippen LogP contribution in [0.25, 0.3) is 0 Å². The van der Waals surface area contributed by atoms with E-state index in [1.807, 2.05) is 62.4 Å². The summed E-state index contributed by atoms with van der Waals surface area (Å²) < 4.78 is 11.2. The Morgan fingerprint density at radius 2 is 1.48 bits per heavy atom. The Balaban J connectivity index is 1.67. The van der Waals surface area contributed by atoms with Gasteiger partial charge in [0.1, 0.15) is 0 Å². The summed E-state index contributed by atoms with van der Waals surface area (Å²) in [5, 5.41) is 5.66. The molecule has 2 aromatic carbocycles. The van der Waals surface area contributed by atoms with Gasteiger partial charge in [-0.2, -0.15) is 0 Å². The van der Waals surface area contributed by atoms with Gasteiger partial charge in [0.05, 0.1) is 19.6 Å². The minimum Gasteiger partial charge on any atom is -0.490 e. The third kappa shape index (κ3) is 8.25. The van der Waals surface area contributed by atoms with E-state index in [1.165, 1.54) is 0 Å². The first kappa shape index (κ1) is 22.3. The Morgan fingerprint density at radius 3 is 2.21 bits per heavy atom. The molecular formula is C23H30N2O4. The van der Waals surface area contributed by atoms with Gasteiger partial charge in [-0.05, 0) is 43.5 Å². The normalized spacial score (nSPS) is 10.3. The van der Waals surface area contributed by atoms with Gasteiger partial charge in [-0.3, -0.25) is 9.59 Å². The lowest BCUT2D eigenvalue weighted by Crippen LogP contribution is -2.32. The van der Waals surface area contributed by atoms with Gasteiger partial charge in [-0.15, -0.1) is 0 Å². The van der Waals surface area contributed by atoms with Crippen LogP contribution < -0.4 is 20.1 Å². The molecule has 6 nitrogen and oxygen atoms in total. The van der Waals surface area contributed by atoms with Crippen LogP contribution in [0.1, 0.15) is 31.4 Å². The van der Waals surface area contributed by atoms with Crippen molar-refractivity contribution in [2.75, 3.05) is 26.3 Å². The van der Waals surface area contributed by atoms with E-state index in [9.17, 15) is 9.59 Å². The summed E-state index contributed by atoms with van der Waals surface area (Å²) in [5.74, 6) is 1.29. The van der Waals surface area contributed by atoms with Crippen LogP contribution in [-0.4, -0.2) is 38.1 Å². The Labute approximate surface area is 172 Å². The number of amides is 2. The maximum atomic E-state index is 12.0. The highest BCUT2D eigenvalue weighted by Gasteiger charge is 2.08. The molecule has 0 atom stereocenters. The van der Waals surface area contributed by atoms with Crippen molar-refractivity contribution in [1.29, 1.82) is 0 Å². The molecule has 0 unspecified atom stereocenters. The van der Waals surface area contributed by atoms with Crippen molar-refractivity contribution in [2.45, 2.75) is 33.1 Å². The van der Waals surface area contributed by atoms with Crippen LogP contribution >= 0.6 is 0 Å². The Kier molecular flexibility index (Phi) is 9.55. The predicted octanol–water partition coefficient (Wildman–Crippen LogP) is 2.89. The molecular weight excluding hydrogens is 368 g/mol. The fraction of sp³-hybridized carbons (Fsp3) is 0.391. The summed E-state index contributed by atoms with van der Waals surface area (Å²) >= 11 is 0. The highest BCUT2D eigenvalue weighted by atomic mass is 16.5. The molecule has 29 heavy (non-hydrogen) atoms. The van der Waals surface area contributed by atoms with E-state index in [0.29, 0.717) is 39.1 Å². The van der Waals surface area contributed by atoms with E-state index in [-0.39, 0.29) is 18.2 Å². The van der Waals surface area contributed by atoms with Crippen molar-refractivity contribution in [3.05, 3.63) is 59.7 Å². The highest BCUT2D eigenvalue weighted by molar-refractivity contribution is 5.80. The first-order valence-electron chi connectivity index (χ1n) is 10.1.